The average molecular weight is 1950 g/mol. The van der Waals surface area contributed by atoms with Crippen LogP contribution in [0.1, 0.15) is 581 Å². The van der Waals surface area contributed by atoms with Crippen LogP contribution in [-0.2, 0) is 61.5 Å². The summed E-state index contributed by atoms with van der Waals surface area (Å²) in [5.74, 6) is -5.49. The van der Waals surface area contributed by atoms with Crippen molar-refractivity contribution >= 4 is 35.8 Å². The molecular weight excluding hydrogens is 1750 g/mol. The first-order valence-corrected chi connectivity index (χ1v) is 51.7. The first kappa shape index (κ1) is 135. The summed E-state index contributed by atoms with van der Waals surface area (Å²) in [4.78, 5) is 61.3. The van der Waals surface area contributed by atoms with Crippen LogP contribution in [0.5, 0.6) is 0 Å². The van der Waals surface area contributed by atoms with Gasteiger partial charge in [0, 0.05) is 35.8 Å². The first-order chi connectivity index (χ1) is 58.6. The molecule has 0 unspecified atom stereocenters. The number of allylic oxidation sites excluding steroid dienone is 12. The number of carbonyl (C=O) groups is 6. The number of hydrogen-bond acceptors (Lipinski definition) is 12. The number of carboxylic acids is 6. The van der Waals surface area contributed by atoms with E-state index in [0.717, 1.165) is 116 Å². The molecule has 122 heavy (non-hydrogen) atoms. The fraction of sp³-hybridized carbons (Fsp3) is 0.833. The van der Waals surface area contributed by atoms with Crippen molar-refractivity contribution in [1.29, 1.82) is 0 Å². The van der Waals surface area contributed by atoms with Gasteiger partial charge in [0.2, 0.25) is 0 Å². The molecule has 0 bridgehead atoms. The summed E-state index contributed by atoms with van der Waals surface area (Å²) in [6.07, 6.45) is 125. The van der Waals surface area contributed by atoms with Crippen molar-refractivity contribution in [2.45, 2.75) is 581 Å². The van der Waals surface area contributed by atoms with Gasteiger partial charge in [0.1, 0.15) is 0 Å². The van der Waals surface area contributed by atoms with Crippen LogP contribution in [0.25, 0.3) is 0 Å². The maximum atomic E-state index is 10.2. The van der Waals surface area contributed by atoms with E-state index in [1.54, 1.807) is 0 Å². The third kappa shape index (κ3) is 161. The Morgan fingerprint density at radius 3 is 0.295 bits per heavy atom. The van der Waals surface area contributed by atoms with E-state index in [1.165, 1.54) is 385 Å². The Morgan fingerprint density at radius 1 is 0.139 bits per heavy atom. The van der Waals surface area contributed by atoms with E-state index in [2.05, 4.69) is 114 Å². The Morgan fingerprint density at radius 2 is 0.213 bits per heavy atom. The van der Waals surface area contributed by atoms with Gasteiger partial charge < -0.3 is 59.4 Å². The number of hydrogen-bond donors (Lipinski definition) is 0. The van der Waals surface area contributed by atoms with E-state index >= 15 is 0 Å². The number of aliphatic carboxylic acids is 6. The molecule has 0 saturated heterocycles. The molecule has 0 aliphatic rings. The number of carbonyl (C=O) groups excluding carboxylic acids is 6. The summed E-state index contributed by atoms with van der Waals surface area (Å²) in [5, 5.41) is 61.3. The molecule has 0 heterocycles. The monoisotopic (exact) mass is 1950 g/mol. The van der Waals surface area contributed by atoms with Gasteiger partial charge in [0.25, 0.3) is 0 Å². The van der Waals surface area contributed by atoms with E-state index in [4.69, 9.17) is 0 Å². The maximum absolute atomic E-state index is 10.2. The van der Waals surface area contributed by atoms with E-state index in [1.807, 2.05) is 0 Å². The zero-order valence-corrected chi connectivity index (χ0v) is 85.6. The Labute approximate surface area is 821 Å². The Hall–Kier alpha value is -2.12. The van der Waals surface area contributed by atoms with Crippen molar-refractivity contribution in [3.63, 3.8) is 0 Å². The number of carboxylic acid groups (broad SMARTS) is 6. The van der Waals surface area contributed by atoms with Crippen LogP contribution in [-0.4, -0.2) is 35.8 Å². The van der Waals surface area contributed by atoms with E-state index in [0.29, 0.717) is 0 Å². The minimum atomic E-state index is -0.914. The third-order valence-electron chi connectivity index (χ3n) is 21.9. The molecule has 0 aromatic rings. The zero-order valence-electron chi connectivity index (χ0n) is 81.1. The summed E-state index contributed by atoms with van der Waals surface area (Å²) in [6.45, 7) is 13.5. The van der Waals surface area contributed by atoms with Gasteiger partial charge in [-0.1, -0.05) is 423 Å². The molecule has 0 aliphatic carbocycles. The van der Waals surface area contributed by atoms with Crippen molar-refractivity contribution in [3.05, 3.63) is 72.9 Å². The second kappa shape index (κ2) is 132. The van der Waals surface area contributed by atoms with E-state index in [9.17, 15) is 59.4 Å². The third-order valence-corrected chi connectivity index (χ3v) is 21.9. The van der Waals surface area contributed by atoms with Gasteiger partial charge in [-0.2, -0.15) is 0 Å². The normalized spacial score (nSPS) is 11.1. The van der Waals surface area contributed by atoms with Gasteiger partial charge in [0.05, 0.1) is 0 Å². The van der Waals surface area contributed by atoms with Crippen LogP contribution in [0.4, 0.5) is 0 Å². The molecule has 0 fully saturated rings. The van der Waals surface area contributed by atoms with Crippen molar-refractivity contribution < 1.29 is 139 Å². The molecule has 719 valence electrons. The topological polar surface area (TPSA) is 241 Å². The SMILES string of the molecule is CCCCCCCC/C=C\CCCCCCCC(=O)[O-].CCCCCCCC/C=C\CCCCCCCC(=O)[O-].CCCCCCCC/C=C\CCCCCCCC(=O)[O-].CCCCCCCC/C=C\CCCCCCCC(=O)[O-].CCCCCCCC/C=C\CCCCCCCC(=O)[O-].CCCCCCCC/C=C\CCCCCCCC(=O)[O-].[Y+3].[Yb+3]. The fourth-order valence-electron chi connectivity index (χ4n) is 14.0. The standard InChI is InChI=1S/6C18H34O2.Y.Yb/c6*1-2-3-4-5-6-7-8-9-10-11-12-13-14-15-16-17-18(19)20;;/h6*9-10H,2-8,11-17H2,1H3,(H,19,20);;/q;;;;;;2*+3/p-6/b6*10-9-;;. The molecular formula is C108H198O12YYb. The summed E-state index contributed by atoms with van der Waals surface area (Å²) in [5.41, 5.74) is 0. The quantitative estimate of drug-likeness (QED) is 0.0408. The molecule has 0 atom stereocenters. The van der Waals surface area contributed by atoms with Gasteiger partial charge >= 0.3 is 79.6 Å². The van der Waals surface area contributed by atoms with E-state index in [-0.39, 0.29) is 118 Å². The molecule has 0 N–H and O–H groups in total. The Kier molecular flexibility index (Phi) is 146. The summed E-state index contributed by atoms with van der Waals surface area (Å²) in [6, 6.07) is 0. The Balaban J connectivity index is -0.000000212. The summed E-state index contributed by atoms with van der Waals surface area (Å²) >= 11 is 0. The molecule has 0 aromatic heterocycles. The molecule has 0 saturated carbocycles. The van der Waals surface area contributed by atoms with Crippen LogP contribution in [0, 0.1) is 46.9 Å². The van der Waals surface area contributed by atoms with Crippen LogP contribution < -0.4 is 30.6 Å². The maximum Gasteiger partial charge on any atom is 3.00 e. The molecule has 0 spiro atoms. The summed E-state index contributed by atoms with van der Waals surface area (Å²) in [7, 11) is 0. The van der Waals surface area contributed by atoms with Gasteiger partial charge in [-0.15, -0.1) is 0 Å². The minimum absolute atomic E-state index is 0. The molecule has 0 amide bonds. The Bertz CT molecular complexity index is 1810. The van der Waals surface area contributed by atoms with Crippen LogP contribution >= 0.6 is 0 Å². The minimum Gasteiger partial charge on any atom is -0.550 e. The number of rotatable bonds is 90. The van der Waals surface area contributed by atoms with Crippen molar-refractivity contribution in [2.24, 2.45) is 0 Å². The fourth-order valence-corrected chi connectivity index (χ4v) is 14.0. The second-order valence-electron chi connectivity index (χ2n) is 34.2. The summed E-state index contributed by atoms with van der Waals surface area (Å²) < 4.78 is 0. The largest absolute Gasteiger partial charge is 3.00 e. The first-order valence-electron chi connectivity index (χ1n) is 51.7. The van der Waals surface area contributed by atoms with Crippen LogP contribution in [0.2, 0.25) is 0 Å². The van der Waals surface area contributed by atoms with Crippen molar-refractivity contribution in [1.82, 2.24) is 0 Å². The van der Waals surface area contributed by atoms with Gasteiger partial charge in [-0.05, 0) is 231 Å². The van der Waals surface area contributed by atoms with Gasteiger partial charge in [0.15, 0.2) is 0 Å². The van der Waals surface area contributed by atoms with Crippen molar-refractivity contribution in [2.75, 3.05) is 0 Å². The number of unbranched alkanes of at least 4 members (excludes halogenated alkanes) is 66. The molecule has 1 radical (unpaired) electrons. The predicted molar refractivity (Wildman–Crippen MR) is 507 cm³/mol. The average Bonchev–Trinajstić information content (AvgIpc) is 1.20. The van der Waals surface area contributed by atoms with Gasteiger partial charge in [-0.3, -0.25) is 0 Å². The molecule has 12 nitrogen and oxygen atoms in total. The van der Waals surface area contributed by atoms with E-state index < -0.39 is 35.8 Å². The zero-order chi connectivity index (χ0) is 89.3. The smallest absolute Gasteiger partial charge is 0.550 e. The van der Waals surface area contributed by atoms with Crippen LogP contribution in [0.3, 0.4) is 0 Å². The molecule has 14 heteroatoms. The predicted octanol–water partition coefficient (Wildman–Crippen LogP) is 28.6. The van der Waals surface area contributed by atoms with Crippen molar-refractivity contribution in [3.8, 4) is 0 Å². The van der Waals surface area contributed by atoms with Crippen LogP contribution in [0.15, 0.2) is 72.9 Å². The second-order valence-corrected chi connectivity index (χ2v) is 34.2. The molecule has 0 rings (SSSR count). The molecule has 0 aromatic carbocycles. The van der Waals surface area contributed by atoms with Gasteiger partial charge in [-0.25, -0.2) is 0 Å². The molecule has 0 aliphatic heterocycles.